The van der Waals surface area contributed by atoms with Crippen molar-refractivity contribution in [3.8, 4) is 0 Å². The summed E-state index contributed by atoms with van der Waals surface area (Å²) in [6, 6.07) is 16.5. The molecule has 3 rings (SSSR count). The molecule has 2 aromatic rings. The Morgan fingerprint density at radius 2 is 1.73 bits per heavy atom. The smallest absolute Gasteiger partial charge is 0.246 e. The van der Waals surface area contributed by atoms with Crippen LogP contribution in [0, 0.1) is 0 Å². The number of hydrogen-bond acceptors (Lipinski definition) is 3. The summed E-state index contributed by atoms with van der Waals surface area (Å²) in [5, 5.41) is 0.00758. The standard InChI is InChI=1S/C20H20ClNO3S/c21-18-9-5-4-6-16(18)10-11-20(23)22-13-12-19(26(24,25)15-14-22)17-7-2-1-3-8-17/h1-11,19H,12-15H2. The number of rotatable bonds is 3. The van der Waals surface area contributed by atoms with Gasteiger partial charge in [0, 0.05) is 24.2 Å². The van der Waals surface area contributed by atoms with Gasteiger partial charge in [-0.3, -0.25) is 4.79 Å². The van der Waals surface area contributed by atoms with Crippen LogP contribution < -0.4 is 0 Å². The third-order valence-corrected chi connectivity index (χ3v) is 7.00. The first kappa shape index (κ1) is 18.7. The Morgan fingerprint density at radius 3 is 2.46 bits per heavy atom. The second-order valence-electron chi connectivity index (χ2n) is 6.24. The fourth-order valence-corrected chi connectivity index (χ4v) is 5.08. The maximum Gasteiger partial charge on any atom is 0.246 e. The molecule has 1 amide bonds. The monoisotopic (exact) mass is 389 g/mol. The molecular weight excluding hydrogens is 370 g/mol. The third kappa shape index (κ3) is 4.34. The van der Waals surface area contributed by atoms with Gasteiger partial charge in [0.05, 0.1) is 11.0 Å². The van der Waals surface area contributed by atoms with Crippen molar-refractivity contribution in [3.63, 3.8) is 0 Å². The van der Waals surface area contributed by atoms with Gasteiger partial charge in [-0.2, -0.15) is 0 Å². The van der Waals surface area contributed by atoms with E-state index < -0.39 is 15.1 Å². The van der Waals surface area contributed by atoms with Crippen LogP contribution in [0.3, 0.4) is 0 Å². The molecule has 26 heavy (non-hydrogen) atoms. The van der Waals surface area contributed by atoms with Crippen LogP contribution in [0.5, 0.6) is 0 Å². The Balaban J connectivity index is 1.73. The molecule has 0 bridgehead atoms. The van der Waals surface area contributed by atoms with Gasteiger partial charge in [0.15, 0.2) is 9.84 Å². The molecule has 0 spiro atoms. The second-order valence-corrected chi connectivity index (χ2v) is 8.95. The Hall–Kier alpha value is -2.11. The summed E-state index contributed by atoms with van der Waals surface area (Å²) in [4.78, 5) is 14.1. The SMILES string of the molecule is O=C(C=Cc1ccccc1Cl)N1CCC(c2ccccc2)S(=O)(=O)CC1. The first-order valence-corrected chi connectivity index (χ1v) is 10.5. The van der Waals surface area contributed by atoms with E-state index in [9.17, 15) is 13.2 Å². The predicted molar refractivity (Wildman–Crippen MR) is 105 cm³/mol. The second kappa shape index (κ2) is 8.06. The van der Waals surface area contributed by atoms with E-state index in [2.05, 4.69) is 0 Å². The average Bonchev–Trinajstić information content (AvgIpc) is 2.79. The first-order chi connectivity index (χ1) is 12.5. The van der Waals surface area contributed by atoms with E-state index in [1.165, 1.54) is 6.08 Å². The van der Waals surface area contributed by atoms with E-state index in [1.807, 2.05) is 48.5 Å². The van der Waals surface area contributed by atoms with Gasteiger partial charge in [-0.15, -0.1) is 0 Å². The molecule has 0 aromatic heterocycles. The number of benzene rings is 2. The zero-order valence-corrected chi connectivity index (χ0v) is 15.8. The molecule has 1 aliphatic heterocycles. The average molecular weight is 390 g/mol. The lowest BCUT2D eigenvalue weighted by atomic mass is 10.1. The topological polar surface area (TPSA) is 54.5 Å². The minimum atomic E-state index is -3.29. The van der Waals surface area contributed by atoms with Crippen molar-refractivity contribution in [3.05, 3.63) is 76.8 Å². The van der Waals surface area contributed by atoms with Crippen LogP contribution in [0.25, 0.3) is 6.08 Å². The highest BCUT2D eigenvalue weighted by Gasteiger charge is 2.32. The maximum absolute atomic E-state index is 12.6. The lowest BCUT2D eigenvalue weighted by molar-refractivity contribution is -0.125. The number of carbonyl (C=O) groups is 1. The van der Waals surface area contributed by atoms with Gasteiger partial charge in [0.25, 0.3) is 0 Å². The fourth-order valence-electron chi connectivity index (χ4n) is 3.08. The Labute approximate surface area is 159 Å². The summed E-state index contributed by atoms with van der Waals surface area (Å²) >= 11 is 6.09. The molecule has 0 aliphatic carbocycles. The Kier molecular flexibility index (Phi) is 5.79. The summed E-state index contributed by atoms with van der Waals surface area (Å²) in [6.07, 6.45) is 3.52. The van der Waals surface area contributed by atoms with Gasteiger partial charge in [-0.25, -0.2) is 8.42 Å². The van der Waals surface area contributed by atoms with Crippen molar-refractivity contribution < 1.29 is 13.2 Å². The van der Waals surface area contributed by atoms with Crippen molar-refractivity contribution in [2.75, 3.05) is 18.8 Å². The van der Waals surface area contributed by atoms with Gasteiger partial charge in [0.2, 0.25) is 5.91 Å². The Bertz CT molecular complexity index is 910. The van der Waals surface area contributed by atoms with Crippen LogP contribution in [0.1, 0.15) is 22.8 Å². The summed E-state index contributed by atoms with van der Waals surface area (Å²) < 4.78 is 25.2. The molecule has 6 heteroatoms. The number of sulfone groups is 1. The molecule has 136 valence electrons. The molecule has 4 nitrogen and oxygen atoms in total. The number of halogens is 1. The predicted octanol–water partition coefficient (Wildman–Crippen LogP) is 3.74. The molecule has 1 atom stereocenters. The number of nitrogens with zero attached hydrogens (tertiary/aromatic N) is 1. The van der Waals surface area contributed by atoms with Crippen LogP contribution in [0.2, 0.25) is 5.02 Å². The molecule has 0 N–H and O–H groups in total. The Morgan fingerprint density at radius 1 is 1.04 bits per heavy atom. The van der Waals surface area contributed by atoms with Gasteiger partial charge >= 0.3 is 0 Å². The number of hydrogen-bond donors (Lipinski definition) is 0. The minimum absolute atomic E-state index is 0.0295. The first-order valence-electron chi connectivity index (χ1n) is 8.45. The van der Waals surface area contributed by atoms with E-state index >= 15 is 0 Å². The van der Waals surface area contributed by atoms with Gasteiger partial charge < -0.3 is 4.90 Å². The summed E-state index contributed by atoms with van der Waals surface area (Å²) in [5.41, 5.74) is 1.54. The quantitative estimate of drug-likeness (QED) is 0.751. The van der Waals surface area contributed by atoms with Crippen LogP contribution in [-0.2, 0) is 14.6 Å². The molecule has 0 radical (unpaired) electrons. The van der Waals surface area contributed by atoms with Gasteiger partial charge in [-0.1, -0.05) is 60.1 Å². The maximum atomic E-state index is 12.6. The third-order valence-electron chi connectivity index (χ3n) is 4.53. The lowest BCUT2D eigenvalue weighted by Crippen LogP contribution is -2.32. The van der Waals surface area contributed by atoms with Crippen LogP contribution >= 0.6 is 11.6 Å². The zero-order chi connectivity index (χ0) is 18.6. The van der Waals surface area contributed by atoms with E-state index in [0.717, 1.165) is 11.1 Å². The van der Waals surface area contributed by atoms with Crippen molar-refractivity contribution in [1.29, 1.82) is 0 Å². The molecule has 1 saturated heterocycles. The van der Waals surface area contributed by atoms with Crippen molar-refractivity contribution in [1.82, 2.24) is 4.90 Å². The van der Waals surface area contributed by atoms with Crippen LogP contribution in [0.15, 0.2) is 60.7 Å². The highest BCUT2D eigenvalue weighted by molar-refractivity contribution is 7.91. The highest BCUT2D eigenvalue weighted by Crippen LogP contribution is 2.29. The molecule has 1 fully saturated rings. The highest BCUT2D eigenvalue weighted by atomic mass is 35.5. The summed E-state index contributed by atoms with van der Waals surface area (Å²) in [5.74, 6) is -0.230. The molecule has 0 saturated carbocycles. The van der Waals surface area contributed by atoms with Crippen LogP contribution in [0.4, 0.5) is 0 Å². The summed E-state index contributed by atoms with van der Waals surface area (Å²) in [6.45, 7) is 0.613. The zero-order valence-electron chi connectivity index (χ0n) is 14.2. The molecule has 2 aromatic carbocycles. The summed E-state index contributed by atoms with van der Waals surface area (Å²) in [7, 11) is -3.29. The fraction of sp³-hybridized carbons (Fsp3) is 0.250. The van der Waals surface area contributed by atoms with Crippen molar-refractivity contribution in [2.45, 2.75) is 11.7 Å². The minimum Gasteiger partial charge on any atom is -0.338 e. The van der Waals surface area contributed by atoms with Gasteiger partial charge in [-0.05, 0) is 29.7 Å². The lowest BCUT2D eigenvalue weighted by Gasteiger charge is -2.18. The van der Waals surface area contributed by atoms with Crippen molar-refractivity contribution in [2.24, 2.45) is 0 Å². The molecule has 1 heterocycles. The van der Waals surface area contributed by atoms with E-state index in [1.54, 1.807) is 17.0 Å². The van der Waals surface area contributed by atoms with Crippen molar-refractivity contribution >= 4 is 33.4 Å². The number of carbonyl (C=O) groups excluding carboxylic acids is 1. The van der Waals surface area contributed by atoms with E-state index in [0.29, 0.717) is 18.0 Å². The molecular formula is C20H20ClNO3S. The largest absolute Gasteiger partial charge is 0.338 e. The van der Waals surface area contributed by atoms with E-state index in [4.69, 9.17) is 11.6 Å². The molecule has 1 aliphatic rings. The normalized spacial score (nSPS) is 20.0. The van der Waals surface area contributed by atoms with Gasteiger partial charge in [0.1, 0.15) is 0 Å². The van der Waals surface area contributed by atoms with Crippen LogP contribution in [-0.4, -0.2) is 38.1 Å². The molecule has 1 unspecified atom stereocenters. The van der Waals surface area contributed by atoms with E-state index in [-0.39, 0.29) is 18.2 Å². The number of amides is 1.